The van der Waals surface area contributed by atoms with Gasteiger partial charge in [0.25, 0.3) is 0 Å². The lowest BCUT2D eigenvalue weighted by atomic mass is 9.98. The van der Waals surface area contributed by atoms with Gasteiger partial charge < -0.3 is 9.47 Å². The number of hydrogen-bond donors (Lipinski definition) is 1. The van der Waals surface area contributed by atoms with Crippen molar-refractivity contribution in [3.05, 3.63) is 69.8 Å². The highest BCUT2D eigenvalue weighted by atomic mass is 16.6. The lowest BCUT2D eigenvalue weighted by Gasteiger charge is -2.17. The van der Waals surface area contributed by atoms with Crippen LogP contribution >= 0.6 is 0 Å². The standard InChI is InChI=1S/C18H10N2O6/c19-20-7-9-3-1-5-11-13(9)17(23)26-18(24)14-10(8-20)4-2-6-12(14)16(22)25-15(11)21/h1-7H,8H2,(H-,19,23)/p+1. The maximum Gasteiger partial charge on any atom is 0.347 e. The van der Waals surface area contributed by atoms with Crippen molar-refractivity contribution in [2.45, 2.75) is 6.54 Å². The fraction of sp³-hybridized carbons (Fsp3) is 0.0556. The van der Waals surface area contributed by atoms with Crippen LogP contribution in [0.1, 0.15) is 52.6 Å². The molecule has 128 valence electrons. The van der Waals surface area contributed by atoms with Crippen molar-refractivity contribution in [2.75, 3.05) is 0 Å². The summed E-state index contributed by atoms with van der Waals surface area (Å²) in [5, 5.41) is 0. The topological polar surface area (TPSA) is 116 Å². The first-order chi connectivity index (χ1) is 12.5. The number of nitrogens with zero attached hydrogens (tertiary/aromatic N) is 1. The monoisotopic (exact) mass is 351 g/mol. The highest BCUT2D eigenvalue weighted by molar-refractivity contribution is 6.17. The van der Waals surface area contributed by atoms with Gasteiger partial charge in [-0.15, -0.1) is 4.68 Å². The van der Waals surface area contributed by atoms with Gasteiger partial charge in [0.2, 0.25) is 6.21 Å². The normalized spacial score (nSPS) is 16.1. The number of hydrazine groups is 1. The van der Waals surface area contributed by atoms with E-state index in [-0.39, 0.29) is 34.4 Å². The van der Waals surface area contributed by atoms with E-state index in [9.17, 15) is 19.2 Å². The minimum absolute atomic E-state index is 0.0668. The molecule has 2 aromatic rings. The summed E-state index contributed by atoms with van der Waals surface area (Å²) in [6, 6.07) is 8.74. The number of ether oxygens (including phenoxy) is 2. The van der Waals surface area contributed by atoms with Gasteiger partial charge in [-0.25, -0.2) is 25.0 Å². The fourth-order valence-corrected chi connectivity index (χ4v) is 3.02. The van der Waals surface area contributed by atoms with E-state index in [1.807, 2.05) is 0 Å². The first-order valence-electron chi connectivity index (χ1n) is 7.60. The highest BCUT2D eigenvalue weighted by Crippen LogP contribution is 2.25. The molecule has 2 N–H and O–H groups in total. The molecule has 0 unspecified atom stereocenters. The summed E-state index contributed by atoms with van der Waals surface area (Å²) in [6.07, 6.45) is 1.45. The largest absolute Gasteiger partial charge is 0.386 e. The number of cyclic esters (lactones) is 2. The molecule has 26 heavy (non-hydrogen) atoms. The van der Waals surface area contributed by atoms with E-state index in [4.69, 9.17) is 15.3 Å². The lowest BCUT2D eigenvalue weighted by Crippen LogP contribution is -2.30. The average Bonchev–Trinajstić information content (AvgIpc) is 2.59. The molecular formula is C18H11N2O6+. The smallest absolute Gasteiger partial charge is 0.347 e. The average molecular weight is 351 g/mol. The number of esters is 4. The molecule has 4 rings (SSSR count). The summed E-state index contributed by atoms with van der Waals surface area (Å²) in [4.78, 5) is 50.0. The van der Waals surface area contributed by atoms with Gasteiger partial charge in [0.1, 0.15) is 0 Å². The van der Waals surface area contributed by atoms with Crippen molar-refractivity contribution in [3.63, 3.8) is 0 Å². The molecule has 0 fully saturated rings. The Hall–Kier alpha value is -3.81. The van der Waals surface area contributed by atoms with Crippen LogP contribution in [0.2, 0.25) is 0 Å². The number of benzene rings is 2. The molecule has 0 aromatic heterocycles. The van der Waals surface area contributed by atoms with Crippen LogP contribution in [0.25, 0.3) is 0 Å². The predicted molar refractivity (Wildman–Crippen MR) is 85.7 cm³/mol. The molecule has 0 saturated heterocycles. The van der Waals surface area contributed by atoms with E-state index in [0.717, 1.165) is 0 Å². The van der Waals surface area contributed by atoms with Crippen molar-refractivity contribution < 1.29 is 33.3 Å². The van der Waals surface area contributed by atoms with E-state index in [0.29, 0.717) is 5.56 Å². The van der Waals surface area contributed by atoms with E-state index in [1.165, 1.54) is 41.2 Å². The van der Waals surface area contributed by atoms with Gasteiger partial charge in [0.15, 0.2) is 6.54 Å². The number of fused-ring (bicyclic) bond motifs is 2. The molecule has 8 nitrogen and oxygen atoms in total. The van der Waals surface area contributed by atoms with E-state index in [2.05, 4.69) is 0 Å². The molecule has 2 bridgehead atoms. The Labute approximate surface area is 146 Å². The summed E-state index contributed by atoms with van der Waals surface area (Å²) in [6.45, 7) is 0.0668. The highest BCUT2D eigenvalue weighted by Gasteiger charge is 2.34. The SMILES string of the molecule is N[N+]1=Cc2cccc3c2C(=O)OC(=O)c2c(cccc2C(=O)OC3=O)C1. The van der Waals surface area contributed by atoms with Gasteiger partial charge in [0.05, 0.1) is 27.8 Å². The van der Waals surface area contributed by atoms with Crippen LogP contribution < -0.4 is 5.84 Å². The number of carbonyl (C=O) groups excluding carboxylic acids is 4. The van der Waals surface area contributed by atoms with Crippen LogP contribution in [0, 0.1) is 0 Å². The van der Waals surface area contributed by atoms with Gasteiger partial charge in [-0.2, -0.15) is 0 Å². The molecule has 0 radical (unpaired) electrons. The zero-order valence-electron chi connectivity index (χ0n) is 13.2. The van der Waals surface area contributed by atoms with Crippen molar-refractivity contribution in [2.24, 2.45) is 5.84 Å². The number of rotatable bonds is 0. The number of hydrazone groups is 1. The Balaban J connectivity index is 2.13. The van der Waals surface area contributed by atoms with Crippen LogP contribution in [0.15, 0.2) is 36.4 Å². The molecule has 2 aliphatic rings. The maximum absolute atomic E-state index is 12.6. The number of carbonyl (C=O) groups is 4. The van der Waals surface area contributed by atoms with Crippen LogP contribution in [0.3, 0.4) is 0 Å². The first kappa shape index (κ1) is 15.7. The van der Waals surface area contributed by atoms with E-state index < -0.39 is 23.9 Å². The van der Waals surface area contributed by atoms with Gasteiger partial charge in [-0.1, -0.05) is 18.2 Å². The summed E-state index contributed by atoms with van der Waals surface area (Å²) in [5.74, 6) is 1.92. The van der Waals surface area contributed by atoms with E-state index in [1.54, 1.807) is 6.07 Å². The minimum atomic E-state index is -1.03. The van der Waals surface area contributed by atoms with Gasteiger partial charge >= 0.3 is 23.9 Å². The summed E-state index contributed by atoms with van der Waals surface area (Å²) >= 11 is 0. The molecule has 2 aliphatic heterocycles. The van der Waals surface area contributed by atoms with Crippen LogP contribution in [-0.4, -0.2) is 34.8 Å². The summed E-state index contributed by atoms with van der Waals surface area (Å²) in [5.41, 5.74) is -0.126. The minimum Gasteiger partial charge on any atom is -0.386 e. The quantitative estimate of drug-likeness (QED) is 0.323. The molecule has 2 aromatic carbocycles. The zero-order chi connectivity index (χ0) is 18.4. The lowest BCUT2D eigenvalue weighted by molar-refractivity contribution is -0.550. The number of nitrogens with two attached hydrogens (primary N) is 1. The zero-order valence-corrected chi connectivity index (χ0v) is 13.2. The van der Waals surface area contributed by atoms with Gasteiger partial charge in [-0.3, -0.25) is 0 Å². The molecule has 2 heterocycles. The molecular weight excluding hydrogens is 340 g/mol. The molecule has 8 heteroatoms. The summed E-state index contributed by atoms with van der Waals surface area (Å²) < 4.78 is 11.1. The molecule has 0 spiro atoms. The Kier molecular flexibility index (Phi) is 3.40. The Morgan fingerprint density at radius 2 is 1.35 bits per heavy atom. The van der Waals surface area contributed by atoms with Crippen LogP contribution in [0.5, 0.6) is 0 Å². The Bertz CT molecular complexity index is 1050. The third-order valence-corrected chi connectivity index (χ3v) is 4.12. The third kappa shape index (κ3) is 2.35. The van der Waals surface area contributed by atoms with Gasteiger partial charge in [0, 0.05) is 5.56 Å². The predicted octanol–water partition coefficient (Wildman–Crippen LogP) is 0.813. The maximum atomic E-state index is 12.6. The van der Waals surface area contributed by atoms with Crippen LogP contribution in [-0.2, 0) is 16.0 Å². The molecule has 0 aliphatic carbocycles. The van der Waals surface area contributed by atoms with E-state index >= 15 is 0 Å². The van der Waals surface area contributed by atoms with Crippen molar-refractivity contribution in [1.29, 1.82) is 0 Å². The second-order valence-electron chi connectivity index (χ2n) is 5.76. The third-order valence-electron chi connectivity index (χ3n) is 4.12. The van der Waals surface area contributed by atoms with Crippen molar-refractivity contribution >= 4 is 30.1 Å². The Morgan fingerprint density at radius 1 is 0.769 bits per heavy atom. The molecule has 0 atom stereocenters. The Morgan fingerprint density at radius 3 is 2.08 bits per heavy atom. The van der Waals surface area contributed by atoms with Crippen LogP contribution in [0.4, 0.5) is 0 Å². The van der Waals surface area contributed by atoms with Crippen molar-refractivity contribution in [3.8, 4) is 0 Å². The van der Waals surface area contributed by atoms with Crippen molar-refractivity contribution in [1.82, 2.24) is 0 Å². The fourth-order valence-electron chi connectivity index (χ4n) is 3.02. The second kappa shape index (κ2) is 5.62. The molecule has 0 amide bonds. The molecule has 0 saturated carbocycles. The number of hydrogen-bond acceptors (Lipinski definition) is 7. The van der Waals surface area contributed by atoms with Gasteiger partial charge in [-0.05, 0) is 18.2 Å². The first-order valence-corrected chi connectivity index (χ1v) is 7.60. The second-order valence-corrected chi connectivity index (χ2v) is 5.76. The summed E-state index contributed by atoms with van der Waals surface area (Å²) in [7, 11) is 0.